The molecule has 0 spiro atoms. The van der Waals surface area contributed by atoms with Gasteiger partial charge in [0.15, 0.2) is 0 Å². The summed E-state index contributed by atoms with van der Waals surface area (Å²) in [5.74, 6) is 1.34. The van der Waals surface area contributed by atoms with Crippen LogP contribution in [-0.2, 0) is 16.8 Å². The van der Waals surface area contributed by atoms with Crippen LogP contribution < -0.4 is 10.1 Å². The fourth-order valence-electron chi connectivity index (χ4n) is 5.05. The van der Waals surface area contributed by atoms with E-state index < -0.39 is 5.54 Å². The van der Waals surface area contributed by atoms with E-state index in [0.717, 1.165) is 54.9 Å². The van der Waals surface area contributed by atoms with Crippen LogP contribution in [0.1, 0.15) is 32.3 Å². The van der Waals surface area contributed by atoms with Gasteiger partial charge in [-0.1, -0.05) is 36.4 Å². The number of hydrogen-bond donors (Lipinski definition) is 1. The number of ether oxygens (including phenoxy) is 2. The van der Waals surface area contributed by atoms with Gasteiger partial charge >= 0.3 is 6.09 Å². The average Bonchev–Trinajstić information content (AvgIpc) is 3.39. The van der Waals surface area contributed by atoms with Crippen molar-refractivity contribution >= 4 is 6.09 Å². The number of carbonyl (C=O) groups is 1. The fraction of sp³-hybridized carbons (Fsp3) is 0.429. The summed E-state index contributed by atoms with van der Waals surface area (Å²) in [6, 6.07) is 18.3. The first-order valence-electron chi connectivity index (χ1n) is 12.5. The van der Waals surface area contributed by atoms with E-state index in [1.165, 1.54) is 0 Å². The maximum atomic E-state index is 12.7. The Labute approximate surface area is 207 Å². The van der Waals surface area contributed by atoms with E-state index in [1.807, 2.05) is 42.9 Å². The number of fused-ring (bicyclic) bond motifs is 3. The zero-order valence-electron chi connectivity index (χ0n) is 20.5. The van der Waals surface area contributed by atoms with Crippen molar-refractivity contribution in [3.63, 3.8) is 0 Å². The molecule has 2 aromatic carbocycles. The third-order valence-corrected chi connectivity index (χ3v) is 7.21. The number of aromatic nitrogens is 2. The van der Waals surface area contributed by atoms with Crippen LogP contribution in [0.2, 0.25) is 0 Å². The van der Waals surface area contributed by atoms with Crippen LogP contribution in [0.15, 0.2) is 67.0 Å². The minimum atomic E-state index is -0.532. The standard InChI is InChI=1S/C28H34N4O3/c1-28(2,30-27(33)35-26-20-31-16-12-23(26)13-17-31)24-8-4-21(5-9-24)22-6-10-25(11-7-22)34-19-18-32-15-3-14-29-32/h3-11,14-15,23,26H,12-13,16-20H2,1-2H3,(H,30,33). The molecule has 3 aromatic rings. The normalized spacial score (nSPS) is 21.5. The van der Waals surface area contributed by atoms with Crippen LogP contribution in [0.4, 0.5) is 4.79 Å². The number of benzene rings is 2. The maximum Gasteiger partial charge on any atom is 0.408 e. The first-order valence-corrected chi connectivity index (χ1v) is 12.5. The van der Waals surface area contributed by atoms with E-state index in [1.54, 1.807) is 6.20 Å². The van der Waals surface area contributed by atoms with Crippen molar-refractivity contribution in [2.75, 3.05) is 26.2 Å². The molecule has 6 rings (SSSR count). The zero-order valence-corrected chi connectivity index (χ0v) is 20.5. The molecule has 3 aliphatic rings. The van der Waals surface area contributed by atoms with E-state index in [2.05, 4.69) is 51.7 Å². The van der Waals surface area contributed by atoms with Gasteiger partial charge in [-0.2, -0.15) is 5.10 Å². The first-order chi connectivity index (χ1) is 17.0. The van der Waals surface area contributed by atoms with Crippen LogP contribution >= 0.6 is 0 Å². The molecular formula is C28H34N4O3. The van der Waals surface area contributed by atoms with E-state index in [9.17, 15) is 4.79 Å². The summed E-state index contributed by atoms with van der Waals surface area (Å²) >= 11 is 0. The van der Waals surface area contributed by atoms with Crippen LogP contribution in [0.25, 0.3) is 11.1 Å². The van der Waals surface area contributed by atoms with Crippen molar-refractivity contribution in [3.05, 3.63) is 72.6 Å². The van der Waals surface area contributed by atoms with E-state index in [4.69, 9.17) is 9.47 Å². The van der Waals surface area contributed by atoms with Crippen molar-refractivity contribution in [2.24, 2.45) is 5.92 Å². The fourth-order valence-corrected chi connectivity index (χ4v) is 5.05. The minimum absolute atomic E-state index is 0.00758. The number of amides is 1. The number of rotatable bonds is 8. The Hall–Kier alpha value is -3.32. The molecule has 0 radical (unpaired) electrons. The first kappa shape index (κ1) is 23.4. The quantitative estimate of drug-likeness (QED) is 0.513. The molecule has 1 N–H and O–H groups in total. The molecule has 1 atom stereocenters. The summed E-state index contributed by atoms with van der Waals surface area (Å²) in [7, 11) is 0. The summed E-state index contributed by atoms with van der Waals surface area (Å²) in [6.07, 6.45) is 5.62. The largest absolute Gasteiger partial charge is 0.492 e. The zero-order chi connectivity index (χ0) is 24.3. The molecule has 0 saturated carbocycles. The van der Waals surface area contributed by atoms with Gasteiger partial charge in [0.2, 0.25) is 0 Å². The minimum Gasteiger partial charge on any atom is -0.492 e. The number of alkyl carbamates (subject to hydrolysis) is 1. The van der Waals surface area contributed by atoms with E-state index in [0.29, 0.717) is 19.1 Å². The summed E-state index contributed by atoms with van der Waals surface area (Å²) in [6.45, 7) is 8.43. The molecule has 3 fully saturated rings. The average molecular weight is 475 g/mol. The van der Waals surface area contributed by atoms with Crippen LogP contribution in [-0.4, -0.2) is 53.1 Å². The van der Waals surface area contributed by atoms with Gasteiger partial charge < -0.3 is 14.8 Å². The lowest BCUT2D eigenvalue weighted by molar-refractivity contribution is -0.0349. The van der Waals surface area contributed by atoms with Crippen LogP contribution in [0, 0.1) is 5.92 Å². The second kappa shape index (κ2) is 10.1. The number of nitrogens with one attached hydrogen (secondary N) is 1. The Morgan fingerprint density at radius 1 is 1.06 bits per heavy atom. The van der Waals surface area contributed by atoms with Crippen molar-refractivity contribution in [1.82, 2.24) is 20.0 Å². The van der Waals surface area contributed by atoms with Gasteiger partial charge in [0.1, 0.15) is 18.5 Å². The number of piperidine rings is 3. The van der Waals surface area contributed by atoms with Crippen molar-refractivity contribution in [3.8, 4) is 16.9 Å². The van der Waals surface area contributed by atoms with Gasteiger partial charge in [0, 0.05) is 18.9 Å². The molecule has 35 heavy (non-hydrogen) atoms. The Morgan fingerprint density at radius 2 is 1.74 bits per heavy atom. The Kier molecular flexibility index (Phi) is 6.77. The van der Waals surface area contributed by atoms with E-state index >= 15 is 0 Å². The summed E-state index contributed by atoms with van der Waals surface area (Å²) in [5, 5.41) is 7.25. The Morgan fingerprint density at radius 3 is 2.34 bits per heavy atom. The molecule has 2 bridgehead atoms. The van der Waals surface area contributed by atoms with Gasteiger partial charge in [-0.15, -0.1) is 0 Å². The topological polar surface area (TPSA) is 68.6 Å². The van der Waals surface area contributed by atoms with Gasteiger partial charge in [0.05, 0.1) is 12.1 Å². The van der Waals surface area contributed by atoms with Crippen LogP contribution in [0.3, 0.4) is 0 Å². The molecule has 3 saturated heterocycles. The highest BCUT2D eigenvalue weighted by molar-refractivity contribution is 5.69. The summed E-state index contributed by atoms with van der Waals surface area (Å²) in [4.78, 5) is 15.1. The number of nitrogens with zero attached hydrogens (tertiary/aromatic N) is 3. The predicted molar refractivity (Wildman–Crippen MR) is 135 cm³/mol. The monoisotopic (exact) mass is 474 g/mol. The summed E-state index contributed by atoms with van der Waals surface area (Å²) in [5.41, 5.74) is 2.73. The second-order valence-electron chi connectivity index (χ2n) is 10.1. The molecule has 1 amide bonds. The van der Waals surface area contributed by atoms with Gasteiger partial charge in [0.25, 0.3) is 0 Å². The molecule has 1 aromatic heterocycles. The summed E-state index contributed by atoms with van der Waals surface area (Å²) < 4.78 is 13.5. The highest BCUT2D eigenvalue weighted by Gasteiger charge is 2.37. The van der Waals surface area contributed by atoms with Crippen molar-refractivity contribution in [1.29, 1.82) is 0 Å². The lowest BCUT2D eigenvalue weighted by atomic mass is 9.86. The molecule has 0 aliphatic carbocycles. The SMILES string of the molecule is CC(C)(NC(=O)OC1CN2CCC1CC2)c1ccc(-c2ccc(OCCn3cccn3)cc2)cc1. The van der Waals surface area contributed by atoms with Crippen molar-refractivity contribution in [2.45, 2.75) is 44.9 Å². The lowest BCUT2D eigenvalue weighted by Gasteiger charge is -2.44. The molecule has 184 valence electrons. The molecule has 4 heterocycles. The molecule has 3 aliphatic heterocycles. The van der Waals surface area contributed by atoms with E-state index in [-0.39, 0.29) is 12.2 Å². The second-order valence-corrected chi connectivity index (χ2v) is 10.1. The predicted octanol–water partition coefficient (Wildman–Crippen LogP) is 4.68. The Balaban J connectivity index is 1.15. The molecule has 7 heteroatoms. The van der Waals surface area contributed by atoms with Gasteiger partial charge in [-0.25, -0.2) is 4.79 Å². The number of carbonyl (C=O) groups excluding carboxylic acids is 1. The smallest absolute Gasteiger partial charge is 0.408 e. The van der Waals surface area contributed by atoms with Crippen LogP contribution in [0.5, 0.6) is 5.75 Å². The van der Waals surface area contributed by atoms with Gasteiger partial charge in [-0.05, 0) is 80.6 Å². The highest BCUT2D eigenvalue weighted by Crippen LogP contribution is 2.30. The maximum absolute atomic E-state index is 12.7. The lowest BCUT2D eigenvalue weighted by Crippen LogP contribution is -2.53. The number of hydrogen-bond acceptors (Lipinski definition) is 5. The molecular weight excluding hydrogens is 440 g/mol. The molecule has 1 unspecified atom stereocenters. The van der Waals surface area contributed by atoms with Crippen molar-refractivity contribution < 1.29 is 14.3 Å². The van der Waals surface area contributed by atoms with Gasteiger partial charge in [-0.3, -0.25) is 9.58 Å². The highest BCUT2D eigenvalue weighted by atomic mass is 16.6. The third-order valence-electron chi connectivity index (χ3n) is 7.21. The third kappa shape index (κ3) is 5.68. The Bertz CT molecular complexity index is 1100. The molecule has 7 nitrogen and oxygen atoms in total.